The lowest BCUT2D eigenvalue weighted by Gasteiger charge is -2.37. The summed E-state index contributed by atoms with van der Waals surface area (Å²) >= 11 is 0. The molecule has 0 aromatic heterocycles. The molecule has 3 N–H and O–H groups in total. The number of nitrogens with zero attached hydrogens (tertiary/aromatic N) is 1. The maximum Gasteiger partial charge on any atom is 0.348 e. The van der Waals surface area contributed by atoms with E-state index in [0.29, 0.717) is 18.4 Å². The number of benzene rings is 2. The number of nitrogens with one attached hydrogen (secondary N) is 2. The lowest BCUT2D eigenvalue weighted by molar-refractivity contribution is -0.120. The highest BCUT2D eigenvalue weighted by atomic mass is 32.2. The molecule has 12 heteroatoms. The van der Waals surface area contributed by atoms with Gasteiger partial charge in [-0.1, -0.05) is 19.9 Å². The van der Waals surface area contributed by atoms with Crippen molar-refractivity contribution in [2.24, 2.45) is 10.7 Å². The first-order valence-electron chi connectivity index (χ1n) is 11.6. The van der Waals surface area contributed by atoms with Gasteiger partial charge in [0.25, 0.3) is 0 Å². The smallest absolute Gasteiger partial charge is 0.348 e. The molecule has 2 aromatic carbocycles. The molecular weight excluding hydrogens is 520 g/mol. The summed E-state index contributed by atoms with van der Waals surface area (Å²) in [6, 6.07) is 8.19. The van der Waals surface area contributed by atoms with Crippen LogP contribution in [0.5, 0.6) is 0 Å². The van der Waals surface area contributed by atoms with Crippen LogP contribution in [-0.4, -0.2) is 38.5 Å². The van der Waals surface area contributed by atoms with Gasteiger partial charge in [-0.25, -0.2) is 12.8 Å². The predicted molar refractivity (Wildman–Crippen MR) is 143 cm³/mol. The van der Waals surface area contributed by atoms with Crippen molar-refractivity contribution in [3.05, 3.63) is 58.9 Å². The standard InChI is InChI=1S/C25H29FN3O6PS/c1-14(2)10-11-25(3)18-8-6-15(26)12-17(18)22(30)21(23(25)31)24-27-19-9-7-16(29-37(5,33)34)13-20(19)36(32,28-24)35-4/h6-9,12-14,29-30H,10-11H2,1-5H3,(H,27,28,32). The minimum Gasteiger partial charge on any atom is -0.506 e. The van der Waals surface area contributed by atoms with E-state index in [-0.39, 0.29) is 39.6 Å². The van der Waals surface area contributed by atoms with E-state index in [1.165, 1.54) is 43.5 Å². The van der Waals surface area contributed by atoms with Crippen molar-refractivity contribution in [2.75, 3.05) is 23.4 Å². The first kappa shape index (κ1) is 27.0. The molecule has 0 radical (unpaired) electrons. The van der Waals surface area contributed by atoms with Gasteiger partial charge in [-0.2, -0.15) is 4.76 Å². The minimum atomic E-state index is -4.00. The van der Waals surface area contributed by atoms with Gasteiger partial charge in [-0.15, -0.1) is 0 Å². The third kappa shape index (κ3) is 4.95. The largest absolute Gasteiger partial charge is 0.506 e. The number of anilines is 2. The van der Waals surface area contributed by atoms with Gasteiger partial charge < -0.3 is 14.9 Å². The van der Waals surface area contributed by atoms with Crippen molar-refractivity contribution in [1.82, 2.24) is 0 Å². The van der Waals surface area contributed by atoms with Crippen LogP contribution in [0.25, 0.3) is 5.76 Å². The summed E-state index contributed by atoms with van der Waals surface area (Å²) in [5.74, 6) is -1.39. The van der Waals surface area contributed by atoms with Crippen molar-refractivity contribution in [2.45, 2.75) is 39.0 Å². The molecule has 0 spiro atoms. The van der Waals surface area contributed by atoms with Crippen LogP contribution in [-0.2, 0) is 29.3 Å². The topological polar surface area (TPSA) is 134 Å². The van der Waals surface area contributed by atoms with Gasteiger partial charge in [0, 0.05) is 18.4 Å². The zero-order valence-corrected chi connectivity index (χ0v) is 22.8. The number of ketones is 1. The fraction of sp³-hybridized carbons (Fsp3) is 0.360. The van der Waals surface area contributed by atoms with Crippen LogP contribution in [0.15, 0.2) is 46.7 Å². The average molecular weight is 550 g/mol. The van der Waals surface area contributed by atoms with Crippen molar-refractivity contribution < 1.29 is 31.8 Å². The van der Waals surface area contributed by atoms with E-state index in [9.17, 15) is 27.3 Å². The molecule has 1 aliphatic heterocycles. The summed E-state index contributed by atoms with van der Waals surface area (Å²) < 4.78 is 63.2. The number of carbonyl (C=O) groups is 1. The van der Waals surface area contributed by atoms with Crippen LogP contribution >= 0.6 is 7.52 Å². The number of hydrogen-bond acceptors (Lipinski definition) is 7. The molecule has 198 valence electrons. The number of halogens is 1. The Hall–Kier alpha value is -3.01. The van der Waals surface area contributed by atoms with E-state index in [2.05, 4.69) is 14.8 Å². The van der Waals surface area contributed by atoms with E-state index < -0.39 is 40.3 Å². The molecule has 0 bridgehead atoms. The van der Waals surface area contributed by atoms with Crippen LogP contribution in [0.2, 0.25) is 0 Å². The fourth-order valence-electron chi connectivity index (χ4n) is 4.62. The Bertz CT molecular complexity index is 1520. The number of aliphatic hydroxyl groups is 1. The zero-order valence-electron chi connectivity index (χ0n) is 21.1. The summed E-state index contributed by atoms with van der Waals surface area (Å²) in [5, 5.41) is 14.2. The van der Waals surface area contributed by atoms with Gasteiger partial charge in [-0.05, 0) is 61.6 Å². The first-order chi connectivity index (χ1) is 17.2. The Morgan fingerprint density at radius 1 is 1.24 bits per heavy atom. The molecule has 2 aromatic rings. The molecule has 9 nitrogen and oxygen atoms in total. The van der Waals surface area contributed by atoms with Crippen molar-refractivity contribution in [3.63, 3.8) is 0 Å². The normalized spacial score (nSPS) is 23.3. The van der Waals surface area contributed by atoms with Crippen molar-refractivity contribution in [1.29, 1.82) is 0 Å². The number of rotatable bonds is 7. The number of aliphatic hydroxyl groups excluding tert-OH is 1. The Labute approximate surface area is 215 Å². The molecule has 2 aliphatic rings. The Morgan fingerprint density at radius 2 is 1.95 bits per heavy atom. The molecule has 0 saturated carbocycles. The molecule has 4 rings (SSSR count). The van der Waals surface area contributed by atoms with Gasteiger partial charge in [0.15, 0.2) is 5.78 Å². The monoisotopic (exact) mass is 549 g/mol. The third-order valence-corrected chi connectivity index (χ3v) is 9.14. The number of fused-ring (bicyclic) bond motifs is 2. The molecule has 1 heterocycles. The van der Waals surface area contributed by atoms with Crippen LogP contribution in [0.3, 0.4) is 0 Å². The van der Waals surface area contributed by atoms with E-state index in [0.717, 1.165) is 6.26 Å². The quantitative estimate of drug-likeness (QED) is 0.425. The van der Waals surface area contributed by atoms with Gasteiger partial charge in [-0.3, -0.25) is 14.1 Å². The predicted octanol–water partition coefficient (Wildman–Crippen LogP) is 4.73. The molecule has 0 fully saturated rings. The highest BCUT2D eigenvalue weighted by Crippen LogP contribution is 2.53. The van der Waals surface area contributed by atoms with E-state index >= 15 is 0 Å². The zero-order chi connectivity index (χ0) is 27.3. The maximum absolute atomic E-state index is 14.3. The SMILES string of the molecule is COP1(=O)N=C(C2=C(O)c3cc(F)ccc3C(C)(CCC(C)C)C2=O)Nc2ccc(NS(C)(=O)=O)cc21. The van der Waals surface area contributed by atoms with Crippen molar-refractivity contribution >= 4 is 51.6 Å². The summed E-state index contributed by atoms with van der Waals surface area (Å²) in [4.78, 5) is 14.0. The van der Waals surface area contributed by atoms with Gasteiger partial charge in [0.05, 0.1) is 22.7 Å². The van der Waals surface area contributed by atoms with Crippen LogP contribution < -0.4 is 15.3 Å². The van der Waals surface area contributed by atoms with E-state index in [1.54, 1.807) is 6.92 Å². The number of Topliss-reactive ketones (excluding diaryl/α,β-unsaturated/α-hetero) is 1. The van der Waals surface area contributed by atoms with Crippen LogP contribution in [0, 0.1) is 11.7 Å². The number of sulfonamides is 1. The molecule has 1 aliphatic carbocycles. The van der Waals surface area contributed by atoms with E-state index in [1.807, 2.05) is 13.8 Å². The van der Waals surface area contributed by atoms with Gasteiger partial charge in [0.1, 0.15) is 23.0 Å². The van der Waals surface area contributed by atoms with Gasteiger partial charge >= 0.3 is 7.52 Å². The summed E-state index contributed by atoms with van der Waals surface area (Å²) in [6.45, 7) is 5.81. The van der Waals surface area contributed by atoms with Crippen LogP contribution in [0.4, 0.5) is 15.8 Å². The number of carbonyl (C=O) groups excluding carboxylic acids is 1. The first-order valence-corrected chi connectivity index (χ1v) is 15.1. The highest BCUT2D eigenvalue weighted by molar-refractivity contribution is 7.92. The fourth-order valence-corrected chi connectivity index (χ4v) is 6.71. The third-order valence-electron chi connectivity index (χ3n) is 6.59. The van der Waals surface area contributed by atoms with Gasteiger partial charge in [0.2, 0.25) is 10.0 Å². The van der Waals surface area contributed by atoms with Crippen molar-refractivity contribution in [3.8, 4) is 0 Å². The molecule has 2 atom stereocenters. The second kappa shape index (κ2) is 9.38. The molecule has 0 amide bonds. The lowest BCUT2D eigenvalue weighted by Crippen LogP contribution is -2.42. The van der Waals surface area contributed by atoms with Crippen LogP contribution in [0.1, 0.15) is 44.7 Å². The molecule has 0 saturated heterocycles. The molecule has 37 heavy (non-hydrogen) atoms. The Kier molecular flexibility index (Phi) is 6.85. The average Bonchev–Trinajstić information content (AvgIpc) is 2.81. The lowest BCUT2D eigenvalue weighted by atomic mass is 9.66. The van der Waals surface area contributed by atoms with E-state index in [4.69, 9.17) is 4.52 Å². The second-order valence-corrected chi connectivity index (χ2v) is 13.7. The number of amidine groups is 1. The highest BCUT2D eigenvalue weighted by Gasteiger charge is 2.47. The second-order valence-electron chi connectivity index (χ2n) is 9.89. The summed E-state index contributed by atoms with van der Waals surface area (Å²) in [6.07, 6.45) is 2.12. The summed E-state index contributed by atoms with van der Waals surface area (Å²) in [5.41, 5.74) is -0.234. The molecular formula is C25H29FN3O6PS. The summed E-state index contributed by atoms with van der Waals surface area (Å²) in [7, 11) is -6.42. The maximum atomic E-state index is 14.3. The Balaban J connectivity index is 1.88. The Morgan fingerprint density at radius 3 is 2.57 bits per heavy atom. The minimum absolute atomic E-state index is 0.0877. The molecule has 2 unspecified atom stereocenters. The number of hydrogen-bond donors (Lipinski definition) is 3.